The van der Waals surface area contributed by atoms with Crippen molar-refractivity contribution in [3.05, 3.63) is 46.7 Å². The molecule has 0 aliphatic carbocycles. The van der Waals surface area contributed by atoms with Crippen LogP contribution in [0.15, 0.2) is 28.8 Å². The normalized spacial score (nSPS) is 10.4. The maximum absolute atomic E-state index is 11.9. The maximum atomic E-state index is 11.9. The number of aromatic nitrogens is 1. The number of hydrogen-bond donors (Lipinski definition) is 1. The Bertz CT molecular complexity index is 573. The molecule has 1 amide bonds. The van der Waals surface area contributed by atoms with Crippen LogP contribution in [-0.4, -0.2) is 11.1 Å². The molecule has 2 aromatic rings. The van der Waals surface area contributed by atoms with Crippen LogP contribution >= 0.6 is 0 Å². The lowest BCUT2D eigenvalue weighted by Crippen LogP contribution is -2.15. The number of anilines is 1. The standard InChI is InChI=1S/C14H16N2O2/c1-9-4-5-10(2)12(6-9)8-14(17)15-13-7-11(3)18-16-13/h4-7H,8H2,1-3H3,(H,15,16,17). The van der Waals surface area contributed by atoms with Gasteiger partial charge in [0.1, 0.15) is 5.76 Å². The summed E-state index contributed by atoms with van der Waals surface area (Å²) in [6, 6.07) is 7.79. The third kappa shape index (κ3) is 2.97. The molecule has 1 aromatic carbocycles. The van der Waals surface area contributed by atoms with Gasteiger partial charge in [0.15, 0.2) is 5.82 Å². The first-order valence-electron chi connectivity index (χ1n) is 5.84. The van der Waals surface area contributed by atoms with Crippen molar-refractivity contribution in [3.8, 4) is 0 Å². The van der Waals surface area contributed by atoms with Crippen molar-refractivity contribution in [2.45, 2.75) is 27.2 Å². The van der Waals surface area contributed by atoms with Gasteiger partial charge in [-0.2, -0.15) is 0 Å². The molecule has 0 aliphatic heterocycles. The average molecular weight is 244 g/mol. The summed E-state index contributed by atoms with van der Waals surface area (Å²) in [7, 11) is 0. The van der Waals surface area contributed by atoms with Crippen molar-refractivity contribution >= 4 is 11.7 Å². The molecule has 94 valence electrons. The molecule has 0 spiro atoms. The summed E-state index contributed by atoms with van der Waals surface area (Å²) >= 11 is 0. The Morgan fingerprint density at radius 3 is 2.72 bits per heavy atom. The van der Waals surface area contributed by atoms with Gasteiger partial charge in [0.25, 0.3) is 0 Å². The summed E-state index contributed by atoms with van der Waals surface area (Å²) in [6.45, 7) is 5.80. The van der Waals surface area contributed by atoms with E-state index in [9.17, 15) is 4.79 Å². The quantitative estimate of drug-likeness (QED) is 0.903. The summed E-state index contributed by atoms with van der Waals surface area (Å²) < 4.78 is 4.89. The van der Waals surface area contributed by atoms with E-state index in [-0.39, 0.29) is 5.91 Å². The van der Waals surface area contributed by atoms with Gasteiger partial charge in [-0.3, -0.25) is 4.79 Å². The van der Waals surface area contributed by atoms with Gasteiger partial charge in [-0.15, -0.1) is 0 Å². The van der Waals surface area contributed by atoms with E-state index in [0.29, 0.717) is 18.0 Å². The van der Waals surface area contributed by atoms with Crippen molar-refractivity contribution < 1.29 is 9.32 Å². The van der Waals surface area contributed by atoms with Crippen LogP contribution in [-0.2, 0) is 11.2 Å². The minimum absolute atomic E-state index is 0.0861. The highest BCUT2D eigenvalue weighted by Crippen LogP contribution is 2.13. The van der Waals surface area contributed by atoms with Crippen LogP contribution < -0.4 is 5.32 Å². The predicted molar refractivity (Wildman–Crippen MR) is 69.5 cm³/mol. The summed E-state index contributed by atoms with van der Waals surface area (Å²) in [5.41, 5.74) is 3.31. The number of rotatable bonds is 3. The first-order valence-corrected chi connectivity index (χ1v) is 5.84. The van der Waals surface area contributed by atoms with Gasteiger partial charge in [0.05, 0.1) is 6.42 Å². The van der Waals surface area contributed by atoms with E-state index in [0.717, 1.165) is 16.7 Å². The molecule has 0 radical (unpaired) electrons. The van der Waals surface area contributed by atoms with Crippen molar-refractivity contribution in [1.29, 1.82) is 0 Å². The van der Waals surface area contributed by atoms with E-state index in [1.165, 1.54) is 0 Å². The van der Waals surface area contributed by atoms with E-state index in [4.69, 9.17) is 4.52 Å². The Morgan fingerprint density at radius 2 is 2.06 bits per heavy atom. The van der Waals surface area contributed by atoms with E-state index < -0.39 is 0 Å². The molecule has 0 saturated carbocycles. The van der Waals surface area contributed by atoms with Crippen LogP contribution in [0.4, 0.5) is 5.82 Å². The highest BCUT2D eigenvalue weighted by Gasteiger charge is 2.09. The number of nitrogens with zero attached hydrogens (tertiary/aromatic N) is 1. The fourth-order valence-electron chi connectivity index (χ4n) is 1.78. The van der Waals surface area contributed by atoms with Crippen LogP contribution in [0.1, 0.15) is 22.5 Å². The average Bonchev–Trinajstić information content (AvgIpc) is 2.69. The van der Waals surface area contributed by atoms with Gasteiger partial charge in [-0.05, 0) is 31.9 Å². The van der Waals surface area contributed by atoms with E-state index >= 15 is 0 Å². The summed E-state index contributed by atoms with van der Waals surface area (Å²) in [6.07, 6.45) is 0.347. The van der Waals surface area contributed by atoms with Gasteiger partial charge in [-0.1, -0.05) is 28.9 Å². The second kappa shape index (κ2) is 5.04. The lowest BCUT2D eigenvalue weighted by atomic mass is 10.0. The van der Waals surface area contributed by atoms with Crippen LogP contribution in [0.2, 0.25) is 0 Å². The van der Waals surface area contributed by atoms with Gasteiger partial charge < -0.3 is 9.84 Å². The number of hydrogen-bond acceptors (Lipinski definition) is 3. The molecule has 0 atom stereocenters. The molecule has 1 N–H and O–H groups in total. The smallest absolute Gasteiger partial charge is 0.230 e. The van der Waals surface area contributed by atoms with Crippen LogP contribution in [0.25, 0.3) is 0 Å². The number of amides is 1. The van der Waals surface area contributed by atoms with Crippen LogP contribution in [0.3, 0.4) is 0 Å². The second-order valence-corrected chi connectivity index (χ2v) is 4.48. The SMILES string of the molecule is Cc1ccc(C)c(CC(=O)Nc2cc(C)on2)c1. The highest BCUT2D eigenvalue weighted by molar-refractivity contribution is 5.91. The van der Waals surface area contributed by atoms with Crippen molar-refractivity contribution in [2.75, 3.05) is 5.32 Å². The highest BCUT2D eigenvalue weighted by atomic mass is 16.5. The Labute approximate surface area is 106 Å². The molecule has 18 heavy (non-hydrogen) atoms. The fourth-order valence-corrected chi connectivity index (χ4v) is 1.78. The molecule has 1 aromatic heterocycles. The minimum Gasteiger partial charge on any atom is -0.360 e. The van der Waals surface area contributed by atoms with Crippen LogP contribution in [0.5, 0.6) is 0 Å². The molecule has 0 aliphatic rings. The lowest BCUT2D eigenvalue weighted by Gasteiger charge is -2.06. The largest absolute Gasteiger partial charge is 0.360 e. The molecule has 1 heterocycles. The lowest BCUT2D eigenvalue weighted by molar-refractivity contribution is -0.115. The van der Waals surface area contributed by atoms with Gasteiger partial charge in [-0.25, -0.2) is 0 Å². The minimum atomic E-state index is -0.0861. The summed E-state index contributed by atoms with van der Waals surface area (Å²) in [5.74, 6) is 1.05. The van der Waals surface area contributed by atoms with E-state index in [1.807, 2.05) is 32.0 Å². The molecule has 0 bridgehead atoms. The Balaban J connectivity index is 2.05. The number of nitrogens with one attached hydrogen (secondary N) is 1. The third-order valence-corrected chi connectivity index (χ3v) is 2.75. The maximum Gasteiger partial charge on any atom is 0.230 e. The van der Waals surface area contributed by atoms with Gasteiger partial charge in [0, 0.05) is 6.07 Å². The molecular formula is C14H16N2O2. The van der Waals surface area contributed by atoms with Gasteiger partial charge in [0.2, 0.25) is 5.91 Å². The number of benzene rings is 1. The Morgan fingerprint density at radius 1 is 1.28 bits per heavy atom. The first-order chi connectivity index (χ1) is 8.54. The van der Waals surface area contributed by atoms with Crippen molar-refractivity contribution in [1.82, 2.24) is 5.16 Å². The summed E-state index contributed by atoms with van der Waals surface area (Å²) in [5, 5.41) is 6.44. The van der Waals surface area contributed by atoms with Gasteiger partial charge >= 0.3 is 0 Å². The molecule has 4 nitrogen and oxygen atoms in total. The zero-order valence-electron chi connectivity index (χ0n) is 10.8. The van der Waals surface area contributed by atoms with Crippen molar-refractivity contribution in [3.63, 3.8) is 0 Å². The molecule has 2 rings (SSSR count). The Kier molecular flexibility index (Phi) is 3.46. The number of carbonyl (C=O) groups is 1. The molecule has 0 saturated heterocycles. The fraction of sp³-hybridized carbons (Fsp3) is 0.286. The van der Waals surface area contributed by atoms with Crippen molar-refractivity contribution in [2.24, 2.45) is 0 Å². The Hall–Kier alpha value is -2.10. The topological polar surface area (TPSA) is 55.1 Å². The monoisotopic (exact) mass is 244 g/mol. The predicted octanol–water partition coefficient (Wildman–Crippen LogP) is 2.78. The zero-order chi connectivity index (χ0) is 13.1. The first kappa shape index (κ1) is 12.4. The summed E-state index contributed by atoms with van der Waals surface area (Å²) in [4.78, 5) is 11.9. The molecule has 4 heteroatoms. The van der Waals surface area contributed by atoms with E-state index in [2.05, 4.69) is 10.5 Å². The molecule has 0 fully saturated rings. The zero-order valence-corrected chi connectivity index (χ0v) is 10.8. The molecule has 0 unspecified atom stereocenters. The number of carbonyl (C=O) groups excluding carboxylic acids is 1. The number of aryl methyl sites for hydroxylation is 3. The second-order valence-electron chi connectivity index (χ2n) is 4.48. The van der Waals surface area contributed by atoms with E-state index in [1.54, 1.807) is 13.0 Å². The third-order valence-electron chi connectivity index (χ3n) is 2.75. The molecular weight excluding hydrogens is 228 g/mol. The van der Waals surface area contributed by atoms with Crippen LogP contribution in [0, 0.1) is 20.8 Å².